The Morgan fingerprint density at radius 1 is 1.60 bits per heavy atom. The van der Waals surface area contributed by atoms with Crippen molar-refractivity contribution in [3.63, 3.8) is 0 Å². The van der Waals surface area contributed by atoms with Gasteiger partial charge in [0.05, 0.1) is 6.61 Å². The van der Waals surface area contributed by atoms with E-state index in [0.29, 0.717) is 0 Å². The summed E-state index contributed by atoms with van der Waals surface area (Å²) >= 11 is 0. The van der Waals surface area contributed by atoms with Crippen molar-refractivity contribution in [1.82, 2.24) is 0 Å². The molecule has 1 atom stereocenters. The Kier molecular flexibility index (Phi) is 13.4. The number of hydrogen-bond donors (Lipinski definition) is 2. The third-order valence-corrected chi connectivity index (χ3v) is 1.22. The van der Waals surface area contributed by atoms with Crippen LogP contribution in [0.25, 0.3) is 0 Å². The Balaban J connectivity index is -0.000000320. The molecule has 10 heavy (non-hydrogen) atoms. The molecular formula is C3H10NNaO4P+. The van der Waals surface area contributed by atoms with Crippen molar-refractivity contribution in [1.29, 1.82) is 0 Å². The fourth-order valence-corrected chi connectivity index (χ4v) is 0.640. The summed E-state index contributed by atoms with van der Waals surface area (Å²) in [4.78, 5) is 0. The Labute approximate surface area is 83.6 Å². The van der Waals surface area contributed by atoms with Gasteiger partial charge in [-0.2, -0.15) is 0 Å². The number of nitrogens with two attached hydrogens (primary N) is 1. The number of hydrogen-bond acceptors (Lipinski definition) is 5. The van der Waals surface area contributed by atoms with E-state index in [0.717, 1.165) is 0 Å². The van der Waals surface area contributed by atoms with Gasteiger partial charge in [0.15, 0.2) is 6.73 Å². The molecule has 3 N–H and O–H groups in total. The quantitative estimate of drug-likeness (QED) is 0.262. The fraction of sp³-hybridized carbons (Fsp3) is 1.00. The van der Waals surface area contributed by atoms with Crippen molar-refractivity contribution in [2.24, 2.45) is 5.73 Å². The molecule has 0 aromatic rings. The van der Waals surface area contributed by atoms with Crippen molar-refractivity contribution in [3.8, 4) is 0 Å². The number of rotatable bonds is 5. The van der Waals surface area contributed by atoms with Gasteiger partial charge in [-0.3, -0.25) is 0 Å². The van der Waals surface area contributed by atoms with Crippen LogP contribution < -0.4 is 35.3 Å². The predicted octanol–water partition coefficient (Wildman–Crippen LogP) is -3.30. The fourth-order valence-electron chi connectivity index (χ4n) is 0.213. The molecule has 0 aliphatic heterocycles. The van der Waals surface area contributed by atoms with Gasteiger partial charge in [0.25, 0.3) is 0 Å². The van der Waals surface area contributed by atoms with Gasteiger partial charge >= 0.3 is 37.8 Å². The van der Waals surface area contributed by atoms with Gasteiger partial charge in [-0.05, 0) is 0 Å². The Morgan fingerprint density at radius 3 is 2.60 bits per heavy atom. The summed E-state index contributed by atoms with van der Waals surface area (Å²) in [7, 11) is -2.12. The van der Waals surface area contributed by atoms with Crippen molar-refractivity contribution < 1.29 is 49.7 Å². The van der Waals surface area contributed by atoms with Crippen molar-refractivity contribution in [2.75, 3.05) is 19.9 Å². The SMILES string of the molecule is NCO[P+](=O)OCCO.[H-].[Na+]. The third kappa shape index (κ3) is 8.94. The molecule has 0 aliphatic rings. The van der Waals surface area contributed by atoms with Gasteiger partial charge < -0.3 is 12.3 Å². The zero-order valence-corrected chi connectivity index (χ0v) is 8.71. The minimum Gasteiger partial charge on any atom is -1.00 e. The summed E-state index contributed by atoms with van der Waals surface area (Å²) in [6, 6.07) is 0. The normalized spacial score (nSPS) is 10.4. The van der Waals surface area contributed by atoms with E-state index in [1.807, 2.05) is 0 Å². The minimum atomic E-state index is -2.12. The van der Waals surface area contributed by atoms with E-state index >= 15 is 0 Å². The summed E-state index contributed by atoms with van der Waals surface area (Å²) < 4.78 is 19.0. The van der Waals surface area contributed by atoms with E-state index in [2.05, 4.69) is 9.05 Å². The summed E-state index contributed by atoms with van der Waals surface area (Å²) in [5, 5.41) is 8.14. The van der Waals surface area contributed by atoms with Crippen LogP contribution in [0.1, 0.15) is 1.43 Å². The topological polar surface area (TPSA) is 81.8 Å². The maximum absolute atomic E-state index is 10.3. The first kappa shape index (κ1) is 13.5. The maximum Gasteiger partial charge on any atom is 1.00 e. The first-order chi connectivity index (χ1) is 4.31. The smallest absolute Gasteiger partial charge is 1.00 e. The van der Waals surface area contributed by atoms with Crippen LogP contribution in [0.2, 0.25) is 0 Å². The Hall–Kier alpha value is 0.940. The molecule has 1 unspecified atom stereocenters. The van der Waals surface area contributed by atoms with Crippen LogP contribution in [-0.2, 0) is 13.6 Å². The average Bonchev–Trinajstić information content (AvgIpc) is 1.85. The summed E-state index contributed by atoms with van der Waals surface area (Å²) in [5.74, 6) is 0. The van der Waals surface area contributed by atoms with E-state index in [1.165, 1.54) is 0 Å². The molecular weight excluding hydrogens is 168 g/mol. The zero-order valence-electron chi connectivity index (χ0n) is 6.82. The first-order valence-electron chi connectivity index (χ1n) is 2.35. The first-order valence-corrected chi connectivity index (χ1v) is 3.44. The van der Waals surface area contributed by atoms with Crippen molar-refractivity contribution in [3.05, 3.63) is 0 Å². The van der Waals surface area contributed by atoms with Crippen LogP contribution >= 0.6 is 8.25 Å². The van der Waals surface area contributed by atoms with Gasteiger partial charge in [0.1, 0.15) is 6.61 Å². The van der Waals surface area contributed by atoms with Gasteiger partial charge in [0.2, 0.25) is 0 Å². The molecule has 0 aromatic heterocycles. The van der Waals surface area contributed by atoms with Gasteiger partial charge in [-0.1, -0.05) is 0 Å². The maximum atomic E-state index is 10.3. The molecule has 0 saturated heterocycles. The Morgan fingerprint density at radius 2 is 2.20 bits per heavy atom. The summed E-state index contributed by atoms with van der Waals surface area (Å²) in [5.41, 5.74) is 4.85. The molecule has 5 nitrogen and oxygen atoms in total. The molecule has 0 spiro atoms. The molecule has 0 bridgehead atoms. The standard InChI is InChI=1S/C3H9NO4P.Na.H/c4-3-8-9(6)7-2-1-5;;/h5H,1-4H2;;/q2*+1;-1. The largest absolute Gasteiger partial charge is 1.00 e. The van der Waals surface area contributed by atoms with Crippen LogP contribution in [0.4, 0.5) is 0 Å². The van der Waals surface area contributed by atoms with Gasteiger partial charge in [-0.15, -0.1) is 9.05 Å². The van der Waals surface area contributed by atoms with Crippen LogP contribution in [0, 0.1) is 0 Å². The number of aliphatic hydroxyl groups is 1. The molecule has 0 amide bonds. The molecule has 0 saturated carbocycles. The monoisotopic (exact) mass is 178 g/mol. The van der Waals surface area contributed by atoms with E-state index < -0.39 is 8.25 Å². The van der Waals surface area contributed by atoms with Crippen molar-refractivity contribution >= 4 is 8.25 Å². The molecule has 56 valence electrons. The van der Waals surface area contributed by atoms with E-state index in [9.17, 15) is 4.57 Å². The molecule has 0 radical (unpaired) electrons. The minimum absolute atomic E-state index is 0. The van der Waals surface area contributed by atoms with Crippen LogP contribution in [0.5, 0.6) is 0 Å². The molecule has 0 aromatic carbocycles. The summed E-state index contributed by atoms with van der Waals surface area (Å²) in [6.07, 6.45) is 0. The van der Waals surface area contributed by atoms with E-state index in [-0.39, 0.29) is 50.9 Å². The number of aliphatic hydroxyl groups excluding tert-OH is 1. The molecule has 0 aliphatic carbocycles. The van der Waals surface area contributed by atoms with Crippen LogP contribution in [0.3, 0.4) is 0 Å². The van der Waals surface area contributed by atoms with Gasteiger partial charge in [-0.25, -0.2) is 0 Å². The second kappa shape index (κ2) is 9.94. The van der Waals surface area contributed by atoms with Crippen molar-refractivity contribution in [2.45, 2.75) is 0 Å². The van der Waals surface area contributed by atoms with E-state index in [4.69, 9.17) is 10.8 Å². The zero-order chi connectivity index (χ0) is 7.11. The second-order valence-corrected chi connectivity index (χ2v) is 2.04. The molecule has 7 heteroatoms. The second-order valence-electron chi connectivity index (χ2n) is 1.08. The third-order valence-electron chi connectivity index (χ3n) is 0.468. The summed E-state index contributed by atoms with van der Waals surface area (Å²) in [6.45, 7) is -0.301. The molecule has 0 heterocycles. The van der Waals surface area contributed by atoms with E-state index in [1.54, 1.807) is 0 Å². The van der Waals surface area contributed by atoms with Gasteiger partial charge in [0, 0.05) is 4.57 Å². The Bertz CT molecular complexity index is 97.4. The average molecular weight is 178 g/mol. The molecule has 0 rings (SSSR count). The van der Waals surface area contributed by atoms with Crippen LogP contribution in [-0.4, -0.2) is 25.1 Å². The molecule has 0 fully saturated rings. The predicted molar refractivity (Wildman–Crippen MR) is 31.9 cm³/mol. The van der Waals surface area contributed by atoms with Crippen LogP contribution in [0.15, 0.2) is 0 Å².